The molecule has 0 bridgehead atoms. The zero-order valence-corrected chi connectivity index (χ0v) is 15.8. The first-order valence-corrected chi connectivity index (χ1v) is 9.59. The molecule has 0 saturated heterocycles. The van der Waals surface area contributed by atoms with Crippen LogP contribution in [0.1, 0.15) is 62.2 Å². The number of imide groups is 1. The Morgan fingerprint density at radius 2 is 1.78 bits per heavy atom. The molecular weight excluding hydrogens is 348 g/mol. The number of hydrogen-bond acceptors (Lipinski definition) is 5. The van der Waals surface area contributed by atoms with Gasteiger partial charge in [-0.2, -0.15) is 0 Å². The van der Waals surface area contributed by atoms with Crippen LogP contribution in [-0.4, -0.2) is 37.2 Å². The number of carbonyl (C=O) groups excluding carboxylic acids is 3. The number of ether oxygens (including phenoxy) is 2. The largest absolute Gasteiger partial charge is 0.494 e. The Hall–Kier alpha value is -2.57. The molecule has 0 aromatic heterocycles. The normalized spacial score (nSPS) is 14.3. The van der Waals surface area contributed by atoms with Crippen LogP contribution in [0.25, 0.3) is 0 Å². The molecule has 3 amide bonds. The van der Waals surface area contributed by atoms with Gasteiger partial charge in [0.05, 0.1) is 12.2 Å². The van der Waals surface area contributed by atoms with Crippen molar-refractivity contribution < 1.29 is 23.9 Å². The van der Waals surface area contributed by atoms with E-state index in [1.165, 1.54) is 6.42 Å². The number of unbranched alkanes of at least 4 members (excludes halogenated alkanes) is 1. The van der Waals surface area contributed by atoms with Gasteiger partial charge in [0, 0.05) is 6.04 Å². The minimum Gasteiger partial charge on any atom is -0.494 e. The Balaban J connectivity index is 1.69. The summed E-state index contributed by atoms with van der Waals surface area (Å²) < 4.78 is 10.5. The first-order valence-electron chi connectivity index (χ1n) is 9.59. The maximum absolute atomic E-state index is 12.0. The number of esters is 1. The van der Waals surface area contributed by atoms with E-state index in [-0.39, 0.29) is 6.04 Å². The molecule has 1 fully saturated rings. The zero-order chi connectivity index (χ0) is 19.5. The van der Waals surface area contributed by atoms with Gasteiger partial charge in [-0.25, -0.2) is 9.59 Å². The molecule has 2 rings (SSSR count). The molecule has 2 N–H and O–H groups in total. The van der Waals surface area contributed by atoms with E-state index in [0.717, 1.165) is 38.5 Å². The second kappa shape index (κ2) is 11.2. The van der Waals surface area contributed by atoms with E-state index >= 15 is 0 Å². The molecule has 0 unspecified atom stereocenters. The van der Waals surface area contributed by atoms with Crippen molar-refractivity contribution in [2.24, 2.45) is 0 Å². The molecule has 1 saturated carbocycles. The summed E-state index contributed by atoms with van der Waals surface area (Å²) in [5, 5.41) is 4.96. The monoisotopic (exact) mass is 376 g/mol. The van der Waals surface area contributed by atoms with E-state index in [4.69, 9.17) is 9.47 Å². The van der Waals surface area contributed by atoms with Crippen LogP contribution in [0.2, 0.25) is 0 Å². The third-order valence-electron chi connectivity index (χ3n) is 4.38. The van der Waals surface area contributed by atoms with Crippen molar-refractivity contribution in [2.75, 3.05) is 13.2 Å². The predicted octanol–water partition coefficient (Wildman–Crippen LogP) is 3.18. The van der Waals surface area contributed by atoms with Crippen molar-refractivity contribution in [3.63, 3.8) is 0 Å². The van der Waals surface area contributed by atoms with Crippen LogP contribution in [0.5, 0.6) is 5.75 Å². The Morgan fingerprint density at radius 1 is 1.07 bits per heavy atom. The summed E-state index contributed by atoms with van der Waals surface area (Å²) in [6, 6.07) is 6.09. The third-order valence-corrected chi connectivity index (χ3v) is 4.38. The lowest BCUT2D eigenvalue weighted by molar-refractivity contribution is -0.123. The highest BCUT2D eigenvalue weighted by Crippen LogP contribution is 2.17. The highest BCUT2D eigenvalue weighted by atomic mass is 16.5. The lowest BCUT2D eigenvalue weighted by atomic mass is 9.96. The second-order valence-corrected chi connectivity index (χ2v) is 6.66. The minimum atomic E-state index is -0.656. The fourth-order valence-electron chi connectivity index (χ4n) is 2.87. The van der Waals surface area contributed by atoms with Gasteiger partial charge in [0.15, 0.2) is 6.61 Å². The van der Waals surface area contributed by atoms with E-state index in [0.29, 0.717) is 17.9 Å². The van der Waals surface area contributed by atoms with Crippen molar-refractivity contribution in [1.82, 2.24) is 10.6 Å². The number of benzene rings is 1. The summed E-state index contributed by atoms with van der Waals surface area (Å²) in [6.45, 7) is 2.20. The van der Waals surface area contributed by atoms with Crippen LogP contribution in [-0.2, 0) is 9.53 Å². The number of nitrogens with one attached hydrogen (secondary N) is 2. The molecule has 27 heavy (non-hydrogen) atoms. The first kappa shape index (κ1) is 20.7. The summed E-state index contributed by atoms with van der Waals surface area (Å²) in [5.41, 5.74) is 0.317. The van der Waals surface area contributed by atoms with E-state index in [2.05, 4.69) is 17.6 Å². The van der Waals surface area contributed by atoms with E-state index < -0.39 is 24.5 Å². The van der Waals surface area contributed by atoms with Gasteiger partial charge >= 0.3 is 12.0 Å². The third kappa shape index (κ3) is 7.68. The zero-order valence-electron chi connectivity index (χ0n) is 15.8. The number of rotatable bonds is 8. The molecular formula is C20H28N2O5. The number of urea groups is 1. The van der Waals surface area contributed by atoms with Crippen molar-refractivity contribution in [3.05, 3.63) is 29.8 Å². The fraction of sp³-hybridized carbons (Fsp3) is 0.550. The van der Waals surface area contributed by atoms with E-state index in [9.17, 15) is 14.4 Å². The van der Waals surface area contributed by atoms with Crippen molar-refractivity contribution >= 4 is 17.9 Å². The van der Waals surface area contributed by atoms with Gasteiger partial charge in [0.1, 0.15) is 5.75 Å². The van der Waals surface area contributed by atoms with Gasteiger partial charge in [-0.05, 0) is 43.5 Å². The van der Waals surface area contributed by atoms with Crippen LogP contribution in [0, 0.1) is 0 Å². The molecule has 1 aromatic carbocycles. The first-order chi connectivity index (χ1) is 13.1. The standard InChI is InChI=1S/C20H28N2O5/c1-2-3-13-26-17-11-9-15(10-12-17)19(24)27-14-18(23)22-20(25)21-16-7-5-4-6-8-16/h9-12,16H,2-8,13-14H2,1H3,(H2,21,22,23,25). The average Bonchev–Trinajstić information content (AvgIpc) is 2.67. The number of amides is 3. The molecule has 0 heterocycles. The molecule has 0 aliphatic heterocycles. The van der Waals surface area contributed by atoms with Crippen molar-refractivity contribution in [2.45, 2.75) is 57.9 Å². The van der Waals surface area contributed by atoms with Crippen molar-refractivity contribution in [1.29, 1.82) is 0 Å². The maximum atomic E-state index is 12.0. The Kier molecular flexibility index (Phi) is 8.61. The molecule has 0 atom stereocenters. The molecule has 7 heteroatoms. The van der Waals surface area contributed by atoms with Gasteiger partial charge in [-0.3, -0.25) is 10.1 Å². The van der Waals surface area contributed by atoms with Gasteiger partial charge in [0.25, 0.3) is 5.91 Å². The SMILES string of the molecule is CCCCOc1ccc(C(=O)OCC(=O)NC(=O)NC2CCCCC2)cc1. The predicted molar refractivity (Wildman–Crippen MR) is 101 cm³/mol. The minimum absolute atomic E-state index is 0.104. The van der Waals surface area contributed by atoms with Crippen LogP contribution in [0.4, 0.5) is 4.79 Å². The van der Waals surface area contributed by atoms with Crippen LogP contribution in [0.3, 0.4) is 0 Å². The van der Waals surface area contributed by atoms with Crippen LogP contribution < -0.4 is 15.4 Å². The Bertz CT molecular complexity index is 624. The van der Waals surface area contributed by atoms with E-state index in [1.807, 2.05) is 0 Å². The molecule has 1 aliphatic carbocycles. The molecule has 148 valence electrons. The van der Waals surface area contributed by atoms with Gasteiger partial charge in [-0.15, -0.1) is 0 Å². The van der Waals surface area contributed by atoms with Gasteiger partial charge in [0.2, 0.25) is 0 Å². The smallest absolute Gasteiger partial charge is 0.338 e. The molecule has 1 aromatic rings. The molecule has 0 radical (unpaired) electrons. The average molecular weight is 376 g/mol. The summed E-state index contributed by atoms with van der Waals surface area (Å²) in [5.74, 6) is -0.605. The lowest BCUT2D eigenvalue weighted by Gasteiger charge is -2.22. The number of hydrogen-bond donors (Lipinski definition) is 2. The summed E-state index contributed by atoms with van der Waals surface area (Å²) in [6.07, 6.45) is 7.21. The fourth-order valence-corrected chi connectivity index (χ4v) is 2.87. The summed E-state index contributed by atoms with van der Waals surface area (Å²) >= 11 is 0. The van der Waals surface area contributed by atoms with Crippen LogP contribution >= 0.6 is 0 Å². The molecule has 7 nitrogen and oxygen atoms in total. The lowest BCUT2D eigenvalue weighted by Crippen LogP contribution is -2.46. The van der Waals surface area contributed by atoms with Gasteiger partial charge in [-0.1, -0.05) is 32.6 Å². The Labute approximate surface area is 159 Å². The second-order valence-electron chi connectivity index (χ2n) is 6.66. The molecule has 1 aliphatic rings. The highest BCUT2D eigenvalue weighted by molar-refractivity contribution is 5.97. The molecule has 0 spiro atoms. The quantitative estimate of drug-likeness (QED) is 0.537. The highest BCUT2D eigenvalue weighted by Gasteiger charge is 2.17. The topological polar surface area (TPSA) is 93.7 Å². The number of carbonyl (C=O) groups is 3. The van der Waals surface area contributed by atoms with Crippen molar-refractivity contribution in [3.8, 4) is 5.75 Å². The maximum Gasteiger partial charge on any atom is 0.338 e. The Morgan fingerprint density at radius 3 is 2.44 bits per heavy atom. The summed E-state index contributed by atoms with van der Waals surface area (Å²) in [7, 11) is 0. The van der Waals surface area contributed by atoms with Crippen LogP contribution in [0.15, 0.2) is 24.3 Å². The van der Waals surface area contributed by atoms with Gasteiger partial charge < -0.3 is 14.8 Å². The van der Waals surface area contributed by atoms with E-state index in [1.54, 1.807) is 24.3 Å². The summed E-state index contributed by atoms with van der Waals surface area (Å²) in [4.78, 5) is 35.5.